The molecule has 1 aliphatic rings. The van der Waals surface area contributed by atoms with E-state index in [1.165, 1.54) is 13.0 Å². The number of esters is 1. The third-order valence-corrected chi connectivity index (χ3v) is 1.90. The molecule has 2 N–H and O–H groups in total. The molecule has 5 nitrogen and oxygen atoms in total. The Labute approximate surface area is 102 Å². The zero-order valence-corrected chi connectivity index (χ0v) is 9.66. The van der Waals surface area contributed by atoms with Gasteiger partial charge in [0.2, 0.25) is 0 Å². The van der Waals surface area contributed by atoms with Crippen LogP contribution in [-0.4, -0.2) is 35.8 Å². The molecule has 8 heteroatoms. The highest BCUT2D eigenvalue weighted by molar-refractivity contribution is 5.76. The summed E-state index contributed by atoms with van der Waals surface area (Å²) in [5.74, 6) is -2.92. The maximum Gasteiger partial charge on any atom is 0.491 e. The van der Waals surface area contributed by atoms with Crippen LogP contribution in [0.5, 0.6) is 0 Å². The number of halogens is 3. The monoisotopic (exact) mass is 269 g/mol. The molecule has 0 aromatic heterocycles. The van der Waals surface area contributed by atoms with Gasteiger partial charge in [0.05, 0.1) is 6.26 Å². The van der Waals surface area contributed by atoms with Crippen molar-refractivity contribution in [1.29, 1.82) is 0 Å². The van der Waals surface area contributed by atoms with Gasteiger partial charge in [0, 0.05) is 0 Å². The minimum atomic E-state index is -4.90. The van der Waals surface area contributed by atoms with Crippen LogP contribution in [0.3, 0.4) is 0 Å². The maximum atomic E-state index is 11.3. The third kappa shape index (κ3) is 6.89. The number of alkyl halides is 3. The molecular weight excluding hydrogens is 255 g/mol. The molecule has 0 radical (unpaired) electrons. The van der Waals surface area contributed by atoms with Gasteiger partial charge in [0.1, 0.15) is 6.04 Å². The summed E-state index contributed by atoms with van der Waals surface area (Å²) in [6, 6.07) is -0.269. The van der Waals surface area contributed by atoms with Gasteiger partial charge in [-0.3, -0.25) is 4.79 Å². The second-order valence-electron chi connectivity index (χ2n) is 3.36. The molecule has 1 atom stereocenters. The average molecular weight is 269 g/mol. The first-order valence-corrected chi connectivity index (χ1v) is 5.14. The van der Waals surface area contributed by atoms with E-state index in [0.717, 1.165) is 19.4 Å². The van der Waals surface area contributed by atoms with Crippen molar-refractivity contribution < 1.29 is 32.6 Å². The van der Waals surface area contributed by atoms with Crippen molar-refractivity contribution in [3.05, 3.63) is 12.3 Å². The lowest BCUT2D eigenvalue weighted by Crippen LogP contribution is -2.29. The predicted molar refractivity (Wildman–Crippen MR) is 55.6 cm³/mol. The lowest BCUT2D eigenvalue weighted by atomic mass is 10.2. The number of hydrogen-bond donors (Lipinski definition) is 2. The van der Waals surface area contributed by atoms with Gasteiger partial charge in [0.25, 0.3) is 0 Å². The summed E-state index contributed by atoms with van der Waals surface area (Å²) < 4.78 is 37.4. The van der Waals surface area contributed by atoms with Crippen LogP contribution < -0.4 is 5.32 Å². The SMILES string of the molecule is C/C=C\OC(=O)C(F)(F)F.O=C(O)C1CCCN1. The summed E-state index contributed by atoms with van der Waals surface area (Å²) in [6.45, 7) is 2.29. The van der Waals surface area contributed by atoms with E-state index in [1.54, 1.807) is 0 Å². The smallest absolute Gasteiger partial charge is 0.480 e. The molecular formula is C10H14F3NO4. The number of aliphatic carboxylic acids is 1. The molecule has 1 unspecified atom stereocenters. The first-order valence-electron chi connectivity index (χ1n) is 5.14. The molecule has 0 aromatic carbocycles. The Morgan fingerprint density at radius 2 is 2.06 bits per heavy atom. The van der Waals surface area contributed by atoms with Crippen molar-refractivity contribution in [2.75, 3.05) is 6.54 Å². The van der Waals surface area contributed by atoms with E-state index >= 15 is 0 Å². The minimum absolute atomic E-state index is 0.269. The second-order valence-corrected chi connectivity index (χ2v) is 3.36. The highest BCUT2D eigenvalue weighted by Gasteiger charge is 2.40. The standard InChI is InChI=1S/C5H5F3O2.C5H9NO2/c1-2-3-10-4(9)5(6,7)8;7-5(8)4-2-1-3-6-4/h2-3H,1H3;4,6H,1-3H2,(H,7,8)/b3-2-;. The molecule has 0 aliphatic carbocycles. The molecule has 0 saturated carbocycles. The van der Waals surface area contributed by atoms with Crippen molar-refractivity contribution in [3.8, 4) is 0 Å². The van der Waals surface area contributed by atoms with Gasteiger partial charge in [-0.05, 0) is 26.3 Å². The molecule has 1 heterocycles. The van der Waals surface area contributed by atoms with E-state index in [4.69, 9.17) is 5.11 Å². The highest BCUT2D eigenvalue weighted by Crippen LogP contribution is 2.16. The summed E-state index contributed by atoms with van der Waals surface area (Å²) >= 11 is 0. The summed E-state index contributed by atoms with van der Waals surface area (Å²) in [7, 11) is 0. The first kappa shape index (κ1) is 16.4. The molecule has 1 aliphatic heterocycles. The van der Waals surface area contributed by atoms with Crippen LogP contribution in [0.25, 0.3) is 0 Å². The van der Waals surface area contributed by atoms with Gasteiger partial charge in [0.15, 0.2) is 0 Å². The van der Waals surface area contributed by atoms with E-state index in [1.807, 2.05) is 0 Å². The Hall–Kier alpha value is -1.57. The van der Waals surface area contributed by atoms with Gasteiger partial charge in [-0.2, -0.15) is 13.2 Å². The Morgan fingerprint density at radius 1 is 1.44 bits per heavy atom. The molecule has 1 saturated heterocycles. The molecule has 0 aromatic rings. The zero-order valence-electron chi connectivity index (χ0n) is 9.66. The van der Waals surface area contributed by atoms with Crippen LogP contribution in [-0.2, 0) is 14.3 Å². The number of rotatable bonds is 2. The molecule has 104 valence electrons. The Balaban J connectivity index is 0.000000327. The topological polar surface area (TPSA) is 75.6 Å². The average Bonchev–Trinajstić information content (AvgIpc) is 2.78. The first-order chi connectivity index (χ1) is 8.29. The largest absolute Gasteiger partial charge is 0.491 e. The van der Waals surface area contributed by atoms with Crippen molar-refractivity contribution >= 4 is 11.9 Å². The second kappa shape index (κ2) is 7.70. The van der Waals surface area contributed by atoms with Crippen LogP contribution in [0.15, 0.2) is 12.3 Å². The van der Waals surface area contributed by atoms with Crippen molar-refractivity contribution in [1.82, 2.24) is 5.32 Å². The quantitative estimate of drug-likeness (QED) is 0.586. The number of hydrogen-bond acceptors (Lipinski definition) is 4. The number of carboxylic acids is 1. The third-order valence-electron chi connectivity index (χ3n) is 1.90. The molecule has 18 heavy (non-hydrogen) atoms. The van der Waals surface area contributed by atoms with Crippen LogP contribution in [0, 0.1) is 0 Å². The number of carbonyl (C=O) groups excluding carboxylic acids is 1. The van der Waals surface area contributed by atoms with Crippen LogP contribution in [0.2, 0.25) is 0 Å². The highest BCUT2D eigenvalue weighted by atomic mass is 19.4. The van der Waals surface area contributed by atoms with E-state index in [2.05, 4.69) is 10.1 Å². The lowest BCUT2D eigenvalue weighted by Gasteiger charge is -2.00. The van der Waals surface area contributed by atoms with E-state index < -0.39 is 18.1 Å². The van der Waals surface area contributed by atoms with Gasteiger partial charge in [-0.25, -0.2) is 4.79 Å². The molecule has 0 amide bonds. The lowest BCUT2D eigenvalue weighted by molar-refractivity contribution is -0.193. The Bertz CT molecular complexity index is 309. The fourth-order valence-corrected chi connectivity index (χ4v) is 1.09. The zero-order chi connectivity index (χ0) is 14.2. The Kier molecular flexibility index (Phi) is 7.03. The summed E-state index contributed by atoms with van der Waals surface area (Å²) in [5, 5.41) is 11.2. The normalized spacial score (nSPS) is 19.2. The number of allylic oxidation sites excluding steroid dienone is 1. The van der Waals surface area contributed by atoms with Gasteiger partial charge in [-0.1, -0.05) is 6.08 Å². The van der Waals surface area contributed by atoms with Crippen LogP contribution >= 0.6 is 0 Å². The van der Waals surface area contributed by atoms with Crippen molar-refractivity contribution in [2.45, 2.75) is 32.0 Å². The van der Waals surface area contributed by atoms with Crippen molar-refractivity contribution in [2.24, 2.45) is 0 Å². The maximum absolute atomic E-state index is 11.3. The fraction of sp³-hybridized carbons (Fsp3) is 0.600. The summed E-state index contributed by atoms with van der Waals surface area (Å²) in [6.07, 6.45) is -1.26. The van der Waals surface area contributed by atoms with Gasteiger partial charge in [-0.15, -0.1) is 0 Å². The number of carbonyl (C=O) groups is 2. The van der Waals surface area contributed by atoms with E-state index in [-0.39, 0.29) is 6.04 Å². The molecule has 1 rings (SSSR count). The summed E-state index contributed by atoms with van der Waals surface area (Å²) in [4.78, 5) is 20.0. The van der Waals surface area contributed by atoms with Crippen LogP contribution in [0.4, 0.5) is 13.2 Å². The Morgan fingerprint density at radius 3 is 2.33 bits per heavy atom. The van der Waals surface area contributed by atoms with Crippen LogP contribution in [0.1, 0.15) is 19.8 Å². The summed E-state index contributed by atoms with van der Waals surface area (Å²) in [5.41, 5.74) is 0. The predicted octanol–water partition coefficient (Wildman–Crippen LogP) is 1.45. The molecule has 0 spiro atoms. The fourth-order valence-electron chi connectivity index (χ4n) is 1.09. The minimum Gasteiger partial charge on any atom is -0.480 e. The molecule has 1 fully saturated rings. The van der Waals surface area contributed by atoms with Gasteiger partial charge >= 0.3 is 18.1 Å². The molecule has 0 bridgehead atoms. The van der Waals surface area contributed by atoms with E-state index in [9.17, 15) is 22.8 Å². The van der Waals surface area contributed by atoms with Gasteiger partial charge < -0.3 is 15.2 Å². The number of nitrogens with one attached hydrogen (secondary N) is 1. The number of ether oxygens (including phenoxy) is 1. The van der Waals surface area contributed by atoms with Crippen molar-refractivity contribution in [3.63, 3.8) is 0 Å². The van der Waals surface area contributed by atoms with E-state index in [0.29, 0.717) is 6.26 Å². The number of carboxylic acid groups (broad SMARTS) is 1.